The summed E-state index contributed by atoms with van der Waals surface area (Å²) < 4.78 is 31.7. The molecule has 1 fully saturated rings. The number of nitrogens with one attached hydrogen (secondary N) is 1. The summed E-state index contributed by atoms with van der Waals surface area (Å²) in [6, 6.07) is 7.39. The molecule has 0 saturated carbocycles. The van der Waals surface area contributed by atoms with Crippen molar-refractivity contribution in [2.45, 2.75) is 13.0 Å². The predicted octanol–water partition coefficient (Wildman–Crippen LogP) is 0.466. The largest absolute Gasteiger partial charge is 0.419 e. The van der Waals surface area contributed by atoms with Gasteiger partial charge in [0.05, 0.1) is 11.8 Å². The van der Waals surface area contributed by atoms with Gasteiger partial charge in [0.2, 0.25) is 10.0 Å². The molecule has 1 aliphatic heterocycles. The highest BCUT2D eigenvalue weighted by molar-refractivity contribution is 7.88. The highest BCUT2D eigenvalue weighted by Crippen LogP contribution is 2.16. The fraction of sp³-hybridized carbons (Fsp3) is 0.533. The van der Waals surface area contributed by atoms with Crippen molar-refractivity contribution in [1.82, 2.24) is 14.2 Å². The molecule has 1 N–H and O–H groups in total. The number of nitrogens with zero attached hydrogens (tertiary/aromatic N) is 2. The van der Waals surface area contributed by atoms with E-state index in [1.165, 1.54) is 6.26 Å². The van der Waals surface area contributed by atoms with Crippen molar-refractivity contribution in [2.75, 3.05) is 32.4 Å². The Morgan fingerprint density at radius 1 is 1.30 bits per heavy atom. The summed E-state index contributed by atoms with van der Waals surface area (Å²) in [7, 11) is -3.13. The highest BCUT2D eigenvalue weighted by Gasteiger charge is 2.23. The summed E-state index contributed by atoms with van der Waals surface area (Å²) in [5.74, 6) is -0.0109. The Morgan fingerprint density at radius 3 is 2.87 bits per heavy atom. The van der Waals surface area contributed by atoms with Crippen molar-refractivity contribution in [3.05, 3.63) is 34.8 Å². The number of benzene rings is 1. The zero-order valence-corrected chi connectivity index (χ0v) is 13.9. The van der Waals surface area contributed by atoms with E-state index < -0.39 is 10.0 Å². The summed E-state index contributed by atoms with van der Waals surface area (Å²) >= 11 is 0. The number of aromatic nitrogens is 1. The van der Waals surface area contributed by atoms with Crippen LogP contribution in [-0.4, -0.2) is 50.3 Å². The molecule has 2 aromatic rings. The number of hydrogen-bond donors (Lipinski definition) is 1. The van der Waals surface area contributed by atoms with Gasteiger partial charge in [-0.3, -0.25) is 4.57 Å². The van der Waals surface area contributed by atoms with Crippen LogP contribution >= 0.6 is 0 Å². The summed E-state index contributed by atoms with van der Waals surface area (Å²) in [6.45, 7) is 3.55. The Bertz CT molecular complexity index is 840. The first-order chi connectivity index (χ1) is 10.9. The van der Waals surface area contributed by atoms with Gasteiger partial charge in [0, 0.05) is 26.2 Å². The molecule has 1 aromatic heterocycles. The maximum Gasteiger partial charge on any atom is 0.419 e. The second-order valence-electron chi connectivity index (χ2n) is 6.06. The maximum absolute atomic E-state index is 11.9. The minimum Gasteiger partial charge on any atom is -0.408 e. The summed E-state index contributed by atoms with van der Waals surface area (Å²) in [5.41, 5.74) is 1.42. The molecule has 1 aromatic carbocycles. The van der Waals surface area contributed by atoms with Crippen molar-refractivity contribution in [3.8, 4) is 0 Å². The Hall–Kier alpha value is -1.64. The summed E-state index contributed by atoms with van der Waals surface area (Å²) in [4.78, 5) is 14.2. The maximum atomic E-state index is 11.9. The number of fused-ring (bicyclic) bond motifs is 1. The molecule has 0 unspecified atom stereocenters. The van der Waals surface area contributed by atoms with Crippen molar-refractivity contribution in [3.63, 3.8) is 0 Å². The number of sulfonamides is 1. The molecule has 0 aliphatic carbocycles. The molecule has 0 amide bonds. The van der Waals surface area contributed by atoms with E-state index in [0.717, 1.165) is 31.6 Å². The molecule has 1 atom stereocenters. The van der Waals surface area contributed by atoms with Crippen molar-refractivity contribution >= 4 is 21.1 Å². The van der Waals surface area contributed by atoms with Crippen LogP contribution in [-0.2, 0) is 16.6 Å². The monoisotopic (exact) mass is 339 g/mol. The van der Waals surface area contributed by atoms with Crippen LogP contribution in [0.5, 0.6) is 0 Å². The van der Waals surface area contributed by atoms with Crippen LogP contribution in [0.2, 0.25) is 0 Å². The molecule has 8 heteroatoms. The average molecular weight is 339 g/mol. The highest BCUT2D eigenvalue weighted by atomic mass is 32.2. The van der Waals surface area contributed by atoms with E-state index >= 15 is 0 Å². The number of para-hydroxylation sites is 2. The third-order valence-electron chi connectivity index (χ3n) is 4.22. The molecule has 3 rings (SSSR count). The van der Waals surface area contributed by atoms with Gasteiger partial charge in [-0.15, -0.1) is 0 Å². The van der Waals surface area contributed by atoms with E-state index in [1.807, 2.05) is 18.2 Å². The Labute approximate surface area is 134 Å². The van der Waals surface area contributed by atoms with E-state index in [9.17, 15) is 13.2 Å². The molecule has 23 heavy (non-hydrogen) atoms. The van der Waals surface area contributed by atoms with Gasteiger partial charge in [0.1, 0.15) is 0 Å². The topological polar surface area (TPSA) is 84.5 Å². The van der Waals surface area contributed by atoms with E-state index in [4.69, 9.17) is 4.42 Å². The van der Waals surface area contributed by atoms with Crippen LogP contribution in [0.25, 0.3) is 11.1 Å². The van der Waals surface area contributed by atoms with Gasteiger partial charge in [-0.2, -0.15) is 0 Å². The van der Waals surface area contributed by atoms with Crippen LogP contribution in [0.1, 0.15) is 6.42 Å². The van der Waals surface area contributed by atoms with Crippen molar-refractivity contribution in [2.24, 2.45) is 5.92 Å². The third-order valence-corrected chi connectivity index (χ3v) is 4.91. The molecule has 0 radical (unpaired) electrons. The fourth-order valence-electron chi connectivity index (χ4n) is 3.02. The minimum absolute atomic E-state index is 0.322. The summed E-state index contributed by atoms with van der Waals surface area (Å²) in [5, 5.41) is 0. The fourth-order valence-corrected chi connectivity index (χ4v) is 3.56. The van der Waals surface area contributed by atoms with Crippen molar-refractivity contribution in [1.29, 1.82) is 0 Å². The Kier molecular flexibility index (Phi) is 4.56. The lowest BCUT2D eigenvalue weighted by atomic mass is 10.1. The second-order valence-corrected chi connectivity index (χ2v) is 7.90. The van der Waals surface area contributed by atoms with E-state index in [-0.39, 0.29) is 5.76 Å². The number of oxazole rings is 1. The quantitative estimate of drug-likeness (QED) is 0.827. The zero-order valence-electron chi connectivity index (χ0n) is 13.1. The summed E-state index contributed by atoms with van der Waals surface area (Å²) in [6.07, 6.45) is 2.14. The van der Waals surface area contributed by atoms with Crippen LogP contribution in [0.15, 0.2) is 33.5 Å². The zero-order chi connectivity index (χ0) is 16.4. The second kappa shape index (κ2) is 6.46. The Balaban J connectivity index is 1.57. The van der Waals surface area contributed by atoms with E-state index in [1.54, 1.807) is 10.6 Å². The van der Waals surface area contributed by atoms with Crippen LogP contribution < -0.4 is 10.5 Å². The van der Waals surface area contributed by atoms with Gasteiger partial charge in [0.25, 0.3) is 0 Å². The van der Waals surface area contributed by atoms with Crippen LogP contribution in [0.3, 0.4) is 0 Å². The van der Waals surface area contributed by atoms with Crippen LogP contribution in [0.4, 0.5) is 0 Å². The van der Waals surface area contributed by atoms with Gasteiger partial charge < -0.3 is 9.32 Å². The number of hydrogen-bond acceptors (Lipinski definition) is 5. The normalized spacial score (nSPS) is 19.6. The molecule has 126 valence electrons. The minimum atomic E-state index is -3.13. The molecule has 7 nitrogen and oxygen atoms in total. The molecule has 1 aliphatic rings. The van der Waals surface area contributed by atoms with Gasteiger partial charge in [0.15, 0.2) is 5.58 Å². The lowest BCUT2D eigenvalue weighted by Crippen LogP contribution is -2.31. The average Bonchev–Trinajstić information content (AvgIpc) is 3.06. The Morgan fingerprint density at radius 2 is 2.09 bits per heavy atom. The molecule has 1 saturated heterocycles. The molecule has 2 heterocycles. The molecular weight excluding hydrogens is 318 g/mol. The smallest absolute Gasteiger partial charge is 0.408 e. The third kappa shape index (κ3) is 4.01. The molecule has 0 spiro atoms. The molecule has 0 bridgehead atoms. The van der Waals surface area contributed by atoms with E-state index in [0.29, 0.717) is 24.6 Å². The lowest BCUT2D eigenvalue weighted by molar-refractivity contribution is 0.306. The number of rotatable bonds is 6. The number of likely N-dealkylation sites (tertiary alicyclic amines) is 1. The van der Waals surface area contributed by atoms with Gasteiger partial charge >= 0.3 is 5.76 Å². The first-order valence-electron chi connectivity index (χ1n) is 7.68. The van der Waals surface area contributed by atoms with Gasteiger partial charge in [-0.05, 0) is 31.0 Å². The first kappa shape index (κ1) is 16.2. The lowest BCUT2D eigenvalue weighted by Gasteiger charge is -2.16. The SMILES string of the molecule is CS(=O)(=O)NC[C@H]1CCN(CCn2c(=O)oc3ccccc32)C1. The van der Waals surface area contributed by atoms with Gasteiger partial charge in [-0.1, -0.05) is 12.1 Å². The van der Waals surface area contributed by atoms with E-state index in [2.05, 4.69) is 9.62 Å². The molecular formula is C15H21N3O4S. The standard InChI is InChI=1S/C15H21N3O4S/c1-23(20,21)16-10-12-6-7-17(11-12)8-9-18-13-4-2-3-5-14(13)22-15(18)19/h2-5,12,16H,6-11H2,1H3/t12-/m1/s1. The van der Waals surface area contributed by atoms with Gasteiger partial charge in [-0.25, -0.2) is 17.9 Å². The first-order valence-corrected chi connectivity index (χ1v) is 9.57. The predicted molar refractivity (Wildman–Crippen MR) is 87.9 cm³/mol. The van der Waals surface area contributed by atoms with Crippen molar-refractivity contribution < 1.29 is 12.8 Å². The van der Waals surface area contributed by atoms with Crippen LogP contribution in [0, 0.1) is 5.92 Å².